The molecule has 1 nitrogen and oxygen atoms in total. The average molecular weight is 828 g/mol. The van der Waals surface area contributed by atoms with Gasteiger partial charge >= 0.3 is 0 Å². The molecule has 0 saturated carbocycles. The van der Waals surface area contributed by atoms with Gasteiger partial charge in [0, 0.05) is 17.1 Å². The van der Waals surface area contributed by atoms with Gasteiger partial charge in [0.2, 0.25) is 0 Å². The maximum atomic E-state index is 9.92. The molecule has 13 aromatic rings. The highest BCUT2D eigenvalue weighted by atomic mass is 15.1. The highest BCUT2D eigenvalue weighted by molar-refractivity contribution is 6.26. The van der Waals surface area contributed by atoms with Gasteiger partial charge in [0.15, 0.2) is 0 Å². The van der Waals surface area contributed by atoms with E-state index in [1.807, 2.05) is 47.4 Å². The van der Waals surface area contributed by atoms with Crippen molar-refractivity contribution in [1.82, 2.24) is 0 Å². The molecule has 65 heavy (non-hydrogen) atoms. The lowest BCUT2D eigenvalue weighted by atomic mass is 9.92. The fourth-order valence-electron chi connectivity index (χ4n) is 10.1. The highest BCUT2D eigenvalue weighted by Gasteiger charge is 2.17. The van der Waals surface area contributed by atoms with Crippen LogP contribution in [0.4, 0.5) is 17.1 Å². The normalized spacial score (nSPS) is 12.6. The van der Waals surface area contributed by atoms with E-state index >= 15 is 0 Å². The summed E-state index contributed by atoms with van der Waals surface area (Å²) >= 11 is 0. The lowest BCUT2D eigenvalue weighted by Gasteiger charge is -2.27. The monoisotopic (exact) mass is 827 g/mol. The van der Waals surface area contributed by atoms with E-state index in [-0.39, 0.29) is 35.4 Å². The van der Waals surface area contributed by atoms with Crippen molar-refractivity contribution in [3.05, 3.63) is 249 Å². The summed E-state index contributed by atoms with van der Waals surface area (Å²) in [6.07, 6.45) is 0. The molecule has 13 aromatic carbocycles. The predicted molar refractivity (Wildman–Crippen MR) is 280 cm³/mol. The fourth-order valence-corrected chi connectivity index (χ4v) is 10.1. The molecule has 0 atom stereocenters. The van der Waals surface area contributed by atoms with Crippen molar-refractivity contribution in [2.24, 2.45) is 0 Å². The Morgan fingerprint density at radius 2 is 0.662 bits per heavy atom. The summed E-state index contributed by atoms with van der Waals surface area (Å²) in [7, 11) is 0. The molecule has 0 radical (unpaired) electrons. The summed E-state index contributed by atoms with van der Waals surface area (Å²) in [5, 5.41) is 15.8. The zero-order valence-corrected chi connectivity index (χ0v) is 35.3. The van der Waals surface area contributed by atoms with Gasteiger partial charge in [0.1, 0.15) is 0 Å². The number of hydrogen-bond donors (Lipinski definition) is 0. The summed E-state index contributed by atoms with van der Waals surface area (Å²) in [4.78, 5) is 1.91. The Bertz CT molecular complexity index is 4210. The zero-order valence-electron chi connectivity index (χ0n) is 39.3. The highest BCUT2D eigenvalue weighted by Crippen LogP contribution is 2.43. The van der Waals surface area contributed by atoms with Crippen molar-refractivity contribution in [3.63, 3.8) is 0 Å². The molecule has 0 spiro atoms. The van der Waals surface area contributed by atoms with Gasteiger partial charge in [-0.25, -0.2) is 0 Å². The smallest absolute Gasteiger partial charge is 0.0645 e. The first-order valence-electron chi connectivity index (χ1n) is 24.2. The first kappa shape index (κ1) is 33.1. The van der Waals surface area contributed by atoms with Crippen LogP contribution in [-0.2, 0) is 0 Å². The molecule has 0 amide bonds. The van der Waals surface area contributed by atoms with Crippen LogP contribution in [0.5, 0.6) is 0 Å². The standard InChI is InChI=1S/C64H41N/c1-3-19-53-43(13-1)27-28-44-29-30-47(39-62(44)53)45-15-11-17-51(37-45)65(52-18-12-16-48(38-52)63-41-49-14-2-4-20-54(49)55-21-5-9-25-59(55)63)50-34-31-42(32-35-50)46-33-36-61-58-24-7-6-22-56(58)57-23-8-10-26-60(57)64(61)40-46/h1-41H/i31D,32D,34D,35D. The lowest BCUT2D eigenvalue weighted by molar-refractivity contribution is 1.28. The van der Waals surface area contributed by atoms with Gasteiger partial charge in [0.25, 0.3) is 0 Å². The Morgan fingerprint density at radius 3 is 1.34 bits per heavy atom. The molecule has 0 aromatic heterocycles. The van der Waals surface area contributed by atoms with Crippen LogP contribution in [0.2, 0.25) is 0 Å². The van der Waals surface area contributed by atoms with Crippen LogP contribution in [0.15, 0.2) is 249 Å². The predicted octanol–water partition coefficient (Wildman–Crippen LogP) is 18.2. The van der Waals surface area contributed by atoms with Crippen LogP contribution >= 0.6 is 0 Å². The second-order valence-electron chi connectivity index (χ2n) is 16.9. The summed E-state index contributed by atoms with van der Waals surface area (Å²) in [5.41, 5.74) is 6.53. The fraction of sp³-hybridized carbons (Fsp3) is 0. The summed E-state index contributed by atoms with van der Waals surface area (Å²) < 4.78 is 39.4. The molecule has 0 aliphatic carbocycles. The second kappa shape index (κ2) is 15.1. The number of rotatable bonds is 6. The van der Waals surface area contributed by atoms with E-state index in [0.717, 1.165) is 81.5 Å². The third kappa shape index (κ3) is 6.24. The minimum absolute atomic E-state index is 0.102. The van der Waals surface area contributed by atoms with Gasteiger partial charge in [-0.3, -0.25) is 0 Å². The van der Waals surface area contributed by atoms with E-state index < -0.39 is 0 Å². The van der Waals surface area contributed by atoms with Crippen LogP contribution in [-0.4, -0.2) is 0 Å². The largest absolute Gasteiger partial charge is 0.310 e. The first-order valence-corrected chi connectivity index (χ1v) is 22.2. The number of benzene rings is 13. The van der Waals surface area contributed by atoms with E-state index in [1.54, 1.807) is 0 Å². The average Bonchev–Trinajstić information content (AvgIpc) is 3.41. The molecule has 0 saturated heterocycles. The second-order valence-corrected chi connectivity index (χ2v) is 16.9. The van der Waals surface area contributed by atoms with Gasteiger partial charge in [-0.2, -0.15) is 0 Å². The minimum Gasteiger partial charge on any atom is -0.310 e. The van der Waals surface area contributed by atoms with Crippen molar-refractivity contribution < 1.29 is 5.48 Å². The van der Waals surface area contributed by atoms with Crippen LogP contribution < -0.4 is 4.90 Å². The maximum Gasteiger partial charge on any atom is 0.0645 e. The minimum atomic E-state index is -0.126. The van der Waals surface area contributed by atoms with Crippen molar-refractivity contribution in [2.45, 2.75) is 0 Å². The van der Waals surface area contributed by atoms with Crippen LogP contribution in [0.3, 0.4) is 0 Å². The van der Waals surface area contributed by atoms with Gasteiger partial charge in [-0.05, 0) is 163 Å². The number of nitrogens with zero attached hydrogens (tertiary/aromatic N) is 1. The van der Waals surface area contributed by atoms with Gasteiger partial charge < -0.3 is 4.90 Å². The third-order valence-corrected chi connectivity index (χ3v) is 13.2. The molecule has 0 aliphatic heterocycles. The number of fused-ring (bicyclic) bond motifs is 12. The summed E-state index contributed by atoms with van der Waals surface area (Å²) in [5.74, 6) is 0. The van der Waals surface area contributed by atoms with Gasteiger partial charge in [-0.1, -0.05) is 194 Å². The molecule has 0 fully saturated rings. The van der Waals surface area contributed by atoms with Crippen molar-refractivity contribution in [3.8, 4) is 33.4 Å². The molecule has 0 unspecified atom stereocenters. The molecular weight excluding hydrogens is 783 g/mol. The molecule has 13 rings (SSSR count). The zero-order chi connectivity index (χ0) is 46.3. The molecule has 302 valence electrons. The topological polar surface area (TPSA) is 3.24 Å². The van der Waals surface area contributed by atoms with E-state index in [2.05, 4.69) is 182 Å². The molecule has 0 bridgehead atoms. The Hall–Kier alpha value is -8.52. The van der Waals surface area contributed by atoms with Crippen molar-refractivity contribution in [2.75, 3.05) is 4.90 Å². The molecule has 0 N–H and O–H groups in total. The van der Waals surface area contributed by atoms with Gasteiger partial charge in [-0.15, -0.1) is 0 Å². The Balaban J connectivity index is 1.02. The SMILES string of the molecule is [2H]c1c([2H])c(N(c2cccc(-c3ccc4ccc5ccccc5c4c3)c2)c2cccc(-c3cc4ccccc4c4ccccc34)c2)c([2H])c([2H])c1-c1ccc2c3ccccc3c3ccccc3c2c1. The number of anilines is 3. The van der Waals surface area contributed by atoms with E-state index in [9.17, 15) is 5.48 Å². The van der Waals surface area contributed by atoms with Crippen LogP contribution in [0, 0.1) is 0 Å². The quantitative estimate of drug-likeness (QED) is 0.151. The molecule has 1 heteroatoms. The first-order chi connectivity index (χ1) is 33.9. The molecule has 0 heterocycles. The van der Waals surface area contributed by atoms with Crippen molar-refractivity contribution in [1.29, 1.82) is 0 Å². The van der Waals surface area contributed by atoms with Crippen LogP contribution in [0.25, 0.3) is 109 Å². The maximum absolute atomic E-state index is 9.92. The lowest BCUT2D eigenvalue weighted by Crippen LogP contribution is -2.10. The molecular formula is C64H41N. The van der Waals surface area contributed by atoms with Crippen LogP contribution in [0.1, 0.15) is 5.48 Å². The Morgan fingerprint density at radius 1 is 0.231 bits per heavy atom. The van der Waals surface area contributed by atoms with E-state index in [4.69, 9.17) is 0 Å². The van der Waals surface area contributed by atoms with Crippen molar-refractivity contribution >= 4 is 92.5 Å². The van der Waals surface area contributed by atoms with E-state index in [0.29, 0.717) is 16.9 Å². The summed E-state index contributed by atoms with van der Waals surface area (Å²) in [6.45, 7) is 0. The van der Waals surface area contributed by atoms with E-state index in [1.165, 1.54) is 16.2 Å². The third-order valence-electron chi connectivity index (χ3n) is 13.2. The molecule has 0 aliphatic rings. The Kier molecular flexibility index (Phi) is 7.68. The van der Waals surface area contributed by atoms with Gasteiger partial charge in [0.05, 0.1) is 5.48 Å². The Labute approximate surface area is 383 Å². The number of hydrogen-bond acceptors (Lipinski definition) is 1. The summed E-state index contributed by atoms with van der Waals surface area (Å²) in [6, 6.07) is 77.3.